The largest absolute Gasteiger partial charge is 0.347 e. The zero-order chi connectivity index (χ0) is 10.8. The first-order valence-electron chi connectivity index (χ1n) is 4.74. The Kier molecular flexibility index (Phi) is 3.24. The van der Waals surface area contributed by atoms with Crippen molar-refractivity contribution in [3.05, 3.63) is 12.2 Å². The molecule has 0 fully saturated rings. The second-order valence-corrected chi connectivity index (χ2v) is 3.83. The third kappa shape index (κ3) is 2.79. The van der Waals surface area contributed by atoms with E-state index in [0.717, 1.165) is 6.92 Å². The molecule has 0 saturated carbocycles. The van der Waals surface area contributed by atoms with E-state index in [0.29, 0.717) is 12.8 Å². The van der Waals surface area contributed by atoms with Crippen molar-refractivity contribution in [2.75, 3.05) is 0 Å². The van der Waals surface area contributed by atoms with Gasteiger partial charge in [-0.1, -0.05) is 12.2 Å². The zero-order valence-corrected chi connectivity index (χ0v) is 8.39. The third-order valence-corrected chi connectivity index (χ3v) is 2.50. The second-order valence-electron chi connectivity index (χ2n) is 3.83. The number of hydrogen-bond donors (Lipinski definition) is 1. The Morgan fingerprint density at radius 3 is 2.43 bits per heavy atom. The van der Waals surface area contributed by atoms with Crippen LogP contribution < -0.4 is 5.32 Å². The van der Waals surface area contributed by atoms with Gasteiger partial charge >= 0.3 is 0 Å². The minimum Gasteiger partial charge on any atom is -0.347 e. The van der Waals surface area contributed by atoms with Crippen LogP contribution in [0.3, 0.4) is 0 Å². The number of carbonyl (C=O) groups excluding carboxylic acids is 1. The highest BCUT2D eigenvalue weighted by molar-refractivity contribution is 5.79. The van der Waals surface area contributed by atoms with Gasteiger partial charge < -0.3 is 5.32 Å². The van der Waals surface area contributed by atoms with Gasteiger partial charge in [0.25, 0.3) is 5.92 Å². The van der Waals surface area contributed by atoms with Gasteiger partial charge in [0, 0.05) is 12.8 Å². The summed E-state index contributed by atoms with van der Waals surface area (Å²) in [6, 6.07) is -1.10. The predicted octanol–water partition coefficient (Wildman–Crippen LogP) is 2.11. The van der Waals surface area contributed by atoms with Crippen LogP contribution in [-0.2, 0) is 4.79 Å². The Morgan fingerprint density at radius 1 is 1.50 bits per heavy atom. The van der Waals surface area contributed by atoms with Crippen molar-refractivity contribution in [1.82, 2.24) is 5.32 Å². The minimum absolute atomic E-state index is 0.153. The number of nitrogens with one attached hydrogen (secondary N) is 1. The molecule has 0 heterocycles. The topological polar surface area (TPSA) is 29.1 Å². The third-order valence-electron chi connectivity index (χ3n) is 2.50. The molecule has 1 aliphatic carbocycles. The molecule has 0 aliphatic heterocycles. The molecule has 0 aromatic carbocycles. The Balaban J connectivity index is 2.40. The molecule has 1 amide bonds. The average Bonchev–Trinajstić information content (AvgIpc) is 2.53. The smallest absolute Gasteiger partial charge is 0.264 e. The summed E-state index contributed by atoms with van der Waals surface area (Å²) < 4.78 is 25.5. The Bertz CT molecular complexity index is 237. The summed E-state index contributed by atoms with van der Waals surface area (Å²) >= 11 is 0. The highest BCUT2D eigenvalue weighted by Crippen LogP contribution is 2.20. The van der Waals surface area contributed by atoms with Gasteiger partial charge in [-0.05, 0) is 19.8 Å². The highest BCUT2D eigenvalue weighted by Gasteiger charge is 2.32. The van der Waals surface area contributed by atoms with Crippen molar-refractivity contribution in [2.24, 2.45) is 5.92 Å². The van der Waals surface area contributed by atoms with Gasteiger partial charge in [-0.25, -0.2) is 8.78 Å². The molecule has 1 atom stereocenters. The standard InChI is InChI=1S/C10H15F2NO/c1-7(10(2,11)12)13-9(14)8-5-3-4-6-8/h3-4,7-8H,5-6H2,1-2H3,(H,13,14). The van der Waals surface area contributed by atoms with E-state index in [-0.39, 0.29) is 11.8 Å². The maximum Gasteiger partial charge on any atom is 0.264 e. The van der Waals surface area contributed by atoms with Gasteiger partial charge in [0.15, 0.2) is 0 Å². The van der Waals surface area contributed by atoms with Crippen molar-refractivity contribution in [1.29, 1.82) is 0 Å². The fraction of sp³-hybridized carbons (Fsp3) is 0.700. The summed E-state index contributed by atoms with van der Waals surface area (Å²) in [6.45, 7) is 2.13. The van der Waals surface area contributed by atoms with Gasteiger partial charge in [0.05, 0.1) is 6.04 Å². The first-order valence-corrected chi connectivity index (χ1v) is 4.74. The van der Waals surface area contributed by atoms with E-state index in [4.69, 9.17) is 0 Å². The Labute approximate surface area is 82.4 Å². The first kappa shape index (κ1) is 11.1. The number of alkyl halides is 2. The van der Waals surface area contributed by atoms with E-state index >= 15 is 0 Å². The Hall–Kier alpha value is -0.930. The van der Waals surface area contributed by atoms with E-state index in [1.165, 1.54) is 6.92 Å². The van der Waals surface area contributed by atoms with Crippen LogP contribution >= 0.6 is 0 Å². The van der Waals surface area contributed by atoms with Crippen LogP contribution in [0.5, 0.6) is 0 Å². The van der Waals surface area contributed by atoms with E-state index in [1.807, 2.05) is 12.2 Å². The lowest BCUT2D eigenvalue weighted by Crippen LogP contribution is -2.45. The monoisotopic (exact) mass is 203 g/mol. The van der Waals surface area contributed by atoms with Gasteiger partial charge in [-0.2, -0.15) is 0 Å². The molecule has 2 nitrogen and oxygen atoms in total. The number of amides is 1. The summed E-state index contributed by atoms with van der Waals surface area (Å²) in [6.07, 6.45) is 5.12. The molecule has 1 unspecified atom stereocenters. The molecule has 1 rings (SSSR count). The van der Waals surface area contributed by atoms with Crippen LogP contribution in [0, 0.1) is 5.92 Å². The molecular weight excluding hydrogens is 188 g/mol. The van der Waals surface area contributed by atoms with E-state index < -0.39 is 12.0 Å². The summed E-state index contributed by atoms with van der Waals surface area (Å²) in [5, 5.41) is 2.33. The average molecular weight is 203 g/mol. The number of rotatable bonds is 3. The first-order chi connectivity index (χ1) is 6.41. The zero-order valence-electron chi connectivity index (χ0n) is 8.39. The number of hydrogen-bond acceptors (Lipinski definition) is 1. The second kappa shape index (κ2) is 4.07. The fourth-order valence-corrected chi connectivity index (χ4v) is 1.29. The van der Waals surface area contributed by atoms with Crippen LogP contribution in [0.15, 0.2) is 12.2 Å². The molecule has 0 bridgehead atoms. The molecule has 0 saturated heterocycles. The molecule has 0 aromatic heterocycles. The molecule has 0 spiro atoms. The molecule has 4 heteroatoms. The fourth-order valence-electron chi connectivity index (χ4n) is 1.29. The van der Waals surface area contributed by atoms with E-state index in [9.17, 15) is 13.6 Å². The predicted molar refractivity (Wildman–Crippen MR) is 50.1 cm³/mol. The lowest BCUT2D eigenvalue weighted by atomic mass is 10.1. The normalized spacial score (nSPS) is 19.7. The quantitative estimate of drug-likeness (QED) is 0.699. The molecule has 1 N–H and O–H groups in total. The molecule has 14 heavy (non-hydrogen) atoms. The van der Waals surface area contributed by atoms with Gasteiger partial charge in [0.2, 0.25) is 5.91 Å². The highest BCUT2D eigenvalue weighted by atomic mass is 19.3. The summed E-state index contributed by atoms with van der Waals surface area (Å²) in [5.41, 5.74) is 0. The maximum atomic E-state index is 12.7. The summed E-state index contributed by atoms with van der Waals surface area (Å²) in [4.78, 5) is 11.4. The lowest BCUT2D eigenvalue weighted by molar-refractivity contribution is -0.128. The van der Waals surface area contributed by atoms with E-state index in [2.05, 4.69) is 5.32 Å². The molecule has 80 valence electrons. The Morgan fingerprint density at radius 2 is 2.00 bits per heavy atom. The van der Waals surface area contributed by atoms with Crippen LogP contribution in [0.25, 0.3) is 0 Å². The molecule has 1 aliphatic rings. The SMILES string of the molecule is CC(NC(=O)C1CC=CC1)C(C)(F)F. The van der Waals surface area contributed by atoms with Gasteiger partial charge in [0.1, 0.15) is 0 Å². The van der Waals surface area contributed by atoms with Gasteiger partial charge in [-0.15, -0.1) is 0 Å². The molecule has 0 radical (unpaired) electrons. The van der Waals surface area contributed by atoms with Crippen molar-refractivity contribution in [3.63, 3.8) is 0 Å². The van der Waals surface area contributed by atoms with Crippen molar-refractivity contribution in [3.8, 4) is 0 Å². The number of allylic oxidation sites excluding steroid dienone is 2. The minimum atomic E-state index is -2.86. The van der Waals surface area contributed by atoms with Gasteiger partial charge in [-0.3, -0.25) is 4.79 Å². The summed E-state index contributed by atoms with van der Waals surface area (Å²) in [7, 11) is 0. The maximum absolute atomic E-state index is 12.7. The van der Waals surface area contributed by atoms with Crippen LogP contribution in [0.4, 0.5) is 8.78 Å². The van der Waals surface area contributed by atoms with Crippen molar-refractivity contribution in [2.45, 2.75) is 38.7 Å². The van der Waals surface area contributed by atoms with E-state index in [1.54, 1.807) is 0 Å². The van der Waals surface area contributed by atoms with Crippen molar-refractivity contribution < 1.29 is 13.6 Å². The lowest BCUT2D eigenvalue weighted by Gasteiger charge is -2.22. The van der Waals surface area contributed by atoms with Crippen LogP contribution in [0.1, 0.15) is 26.7 Å². The van der Waals surface area contributed by atoms with Crippen molar-refractivity contribution >= 4 is 5.91 Å². The van der Waals surface area contributed by atoms with Crippen LogP contribution in [-0.4, -0.2) is 17.9 Å². The number of carbonyl (C=O) groups is 1. The molecular formula is C10H15F2NO. The number of halogens is 2. The summed E-state index contributed by atoms with van der Waals surface area (Å²) in [5.74, 6) is -3.29. The molecule has 0 aromatic rings. The van der Waals surface area contributed by atoms with Crippen LogP contribution in [0.2, 0.25) is 0 Å².